The van der Waals surface area contributed by atoms with Crippen molar-refractivity contribution in [3.05, 3.63) is 46.4 Å². The fourth-order valence-electron chi connectivity index (χ4n) is 2.58. The average Bonchev–Trinajstić information content (AvgIpc) is 3.04. The molecule has 0 saturated heterocycles. The van der Waals surface area contributed by atoms with Gasteiger partial charge in [0.05, 0.1) is 15.7 Å². The monoisotopic (exact) mass is 394 g/mol. The van der Waals surface area contributed by atoms with Crippen molar-refractivity contribution in [1.29, 1.82) is 0 Å². The van der Waals surface area contributed by atoms with Crippen molar-refractivity contribution in [3.63, 3.8) is 0 Å². The third-order valence-corrected chi connectivity index (χ3v) is 4.42. The van der Waals surface area contributed by atoms with Crippen molar-refractivity contribution in [2.75, 3.05) is 23.6 Å². The van der Waals surface area contributed by atoms with Gasteiger partial charge in [-0.05, 0) is 24.3 Å². The number of halogens is 2. The number of para-hydroxylation sites is 1. The predicted octanol–water partition coefficient (Wildman–Crippen LogP) is 4.10. The molecule has 0 aliphatic carbocycles. The van der Waals surface area contributed by atoms with Gasteiger partial charge in [0.2, 0.25) is 18.6 Å². The van der Waals surface area contributed by atoms with E-state index in [9.17, 15) is 9.59 Å². The molecule has 0 aromatic heterocycles. The maximum absolute atomic E-state index is 12.3. The van der Waals surface area contributed by atoms with Crippen LogP contribution in [0.15, 0.2) is 36.4 Å². The molecule has 3 rings (SSSR count). The lowest BCUT2D eigenvalue weighted by atomic mass is 10.2. The fourth-order valence-corrected chi connectivity index (χ4v) is 3.19. The Morgan fingerprint density at radius 3 is 2.50 bits per heavy atom. The molecule has 8 heteroatoms. The largest absolute Gasteiger partial charge is 0.454 e. The summed E-state index contributed by atoms with van der Waals surface area (Å²) in [5, 5.41) is 3.47. The Morgan fingerprint density at radius 2 is 1.81 bits per heavy atom. The van der Waals surface area contributed by atoms with Crippen LogP contribution in [0.5, 0.6) is 11.5 Å². The summed E-state index contributed by atoms with van der Waals surface area (Å²) in [6.07, 6.45) is 0.0789. The summed E-state index contributed by atoms with van der Waals surface area (Å²) < 4.78 is 10.5. The lowest BCUT2D eigenvalue weighted by Gasteiger charge is -2.23. The minimum atomic E-state index is -0.254. The van der Waals surface area contributed by atoms with E-state index in [1.807, 2.05) is 0 Å². The highest BCUT2D eigenvalue weighted by molar-refractivity contribution is 6.39. The van der Waals surface area contributed by atoms with Crippen molar-refractivity contribution in [2.45, 2.75) is 13.3 Å². The minimum absolute atomic E-state index is 0.0789. The van der Waals surface area contributed by atoms with Gasteiger partial charge in [-0.25, -0.2) is 0 Å². The number of hydrogen-bond donors (Lipinski definition) is 1. The standard InChI is InChI=1S/C18H16Cl2N2O4/c1-11(23)22(18-13(19)3-2-4-14(18)20)8-7-17(24)21-12-5-6-15-16(9-12)26-10-25-15/h2-6,9H,7-8,10H2,1H3,(H,21,24). The molecule has 2 aromatic rings. The lowest BCUT2D eigenvalue weighted by Crippen LogP contribution is -2.32. The number of carbonyl (C=O) groups is 2. The zero-order chi connectivity index (χ0) is 18.7. The number of benzene rings is 2. The maximum Gasteiger partial charge on any atom is 0.231 e. The number of nitrogens with zero attached hydrogens (tertiary/aromatic N) is 1. The summed E-state index contributed by atoms with van der Waals surface area (Å²) in [5.41, 5.74) is 0.989. The van der Waals surface area contributed by atoms with Crippen molar-refractivity contribution in [3.8, 4) is 11.5 Å². The van der Waals surface area contributed by atoms with E-state index in [4.69, 9.17) is 32.7 Å². The van der Waals surface area contributed by atoms with Gasteiger partial charge in [0.1, 0.15) is 0 Å². The van der Waals surface area contributed by atoms with E-state index in [-0.39, 0.29) is 31.6 Å². The number of fused-ring (bicyclic) bond motifs is 1. The van der Waals surface area contributed by atoms with Crippen LogP contribution in [0.2, 0.25) is 10.0 Å². The second kappa shape index (κ2) is 7.85. The molecule has 6 nitrogen and oxygen atoms in total. The molecule has 0 spiro atoms. The summed E-state index contributed by atoms with van der Waals surface area (Å²) in [7, 11) is 0. The maximum atomic E-state index is 12.3. The normalized spacial score (nSPS) is 12.0. The van der Waals surface area contributed by atoms with Crippen LogP contribution in [-0.2, 0) is 9.59 Å². The lowest BCUT2D eigenvalue weighted by molar-refractivity contribution is -0.117. The fraction of sp³-hybridized carbons (Fsp3) is 0.222. The van der Waals surface area contributed by atoms with Gasteiger partial charge in [0.25, 0.3) is 0 Å². The molecule has 136 valence electrons. The van der Waals surface area contributed by atoms with Gasteiger partial charge in [-0.1, -0.05) is 29.3 Å². The first-order chi connectivity index (χ1) is 12.5. The third kappa shape index (κ3) is 4.03. The van der Waals surface area contributed by atoms with Crippen LogP contribution >= 0.6 is 23.2 Å². The van der Waals surface area contributed by atoms with Crippen LogP contribution in [0, 0.1) is 0 Å². The Kier molecular flexibility index (Phi) is 5.54. The van der Waals surface area contributed by atoms with Gasteiger partial charge in [-0.15, -0.1) is 0 Å². The second-order valence-electron chi connectivity index (χ2n) is 5.61. The van der Waals surface area contributed by atoms with Crippen LogP contribution in [-0.4, -0.2) is 25.2 Å². The molecule has 1 heterocycles. The summed E-state index contributed by atoms with van der Waals surface area (Å²) >= 11 is 12.3. The number of ether oxygens (including phenoxy) is 2. The first-order valence-corrected chi connectivity index (χ1v) is 8.63. The van der Waals surface area contributed by atoms with Crippen LogP contribution in [0.4, 0.5) is 11.4 Å². The van der Waals surface area contributed by atoms with E-state index < -0.39 is 0 Å². The van der Waals surface area contributed by atoms with E-state index in [2.05, 4.69) is 5.32 Å². The zero-order valence-electron chi connectivity index (χ0n) is 13.9. The van der Waals surface area contributed by atoms with Crippen molar-refractivity contribution >= 4 is 46.4 Å². The molecule has 0 fully saturated rings. The summed E-state index contributed by atoms with van der Waals surface area (Å²) in [6.45, 7) is 1.71. The van der Waals surface area contributed by atoms with Crippen molar-refractivity contribution in [2.24, 2.45) is 0 Å². The van der Waals surface area contributed by atoms with Crippen LogP contribution in [0.25, 0.3) is 0 Å². The number of rotatable bonds is 5. The summed E-state index contributed by atoms with van der Waals surface area (Å²) in [4.78, 5) is 25.6. The van der Waals surface area contributed by atoms with Crippen molar-refractivity contribution < 1.29 is 19.1 Å². The summed E-state index contributed by atoms with van der Waals surface area (Å²) in [5.74, 6) is 0.712. The highest BCUT2D eigenvalue weighted by Gasteiger charge is 2.19. The molecule has 1 N–H and O–H groups in total. The number of anilines is 2. The van der Waals surface area contributed by atoms with Crippen LogP contribution in [0.3, 0.4) is 0 Å². The van der Waals surface area contributed by atoms with Crippen molar-refractivity contribution in [1.82, 2.24) is 0 Å². The Morgan fingerprint density at radius 1 is 1.12 bits per heavy atom. The van der Waals surface area contributed by atoms with E-state index in [0.29, 0.717) is 32.9 Å². The van der Waals surface area contributed by atoms with Gasteiger partial charge < -0.3 is 19.7 Å². The highest BCUT2D eigenvalue weighted by atomic mass is 35.5. The number of hydrogen-bond acceptors (Lipinski definition) is 4. The van der Waals surface area contributed by atoms with E-state index in [0.717, 1.165) is 0 Å². The Bertz CT molecular complexity index is 837. The number of carbonyl (C=O) groups excluding carboxylic acids is 2. The third-order valence-electron chi connectivity index (χ3n) is 3.81. The van der Waals surface area contributed by atoms with Crippen LogP contribution in [0.1, 0.15) is 13.3 Å². The van der Waals surface area contributed by atoms with E-state index in [1.165, 1.54) is 11.8 Å². The minimum Gasteiger partial charge on any atom is -0.454 e. The van der Waals surface area contributed by atoms with Gasteiger partial charge in [0, 0.05) is 31.6 Å². The number of nitrogens with one attached hydrogen (secondary N) is 1. The number of amides is 2. The molecule has 2 amide bonds. The topological polar surface area (TPSA) is 67.9 Å². The first-order valence-electron chi connectivity index (χ1n) is 7.87. The van der Waals surface area contributed by atoms with E-state index >= 15 is 0 Å². The van der Waals surface area contributed by atoms with Gasteiger partial charge in [-0.2, -0.15) is 0 Å². The molecule has 26 heavy (non-hydrogen) atoms. The van der Waals surface area contributed by atoms with Gasteiger partial charge >= 0.3 is 0 Å². The average molecular weight is 395 g/mol. The van der Waals surface area contributed by atoms with Crippen LogP contribution < -0.4 is 19.7 Å². The molecule has 0 bridgehead atoms. The predicted molar refractivity (Wildman–Crippen MR) is 100 cm³/mol. The molecule has 0 unspecified atom stereocenters. The van der Waals surface area contributed by atoms with Gasteiger partial charge in [0.15, 0.2) is 11.5 Å². The SMILES string of the molecule is CC(=O)N(CCC(=O)Nc1ccc2c(c1)OCO2)c1c(Cl)cccc1Cl. The highest BCUT2D eigenvalue weighted by Crippen LogP contribution is 2.35. The second-order valence-corrected chi connectivity index (χ2v) is 6.42. The molecule has 0 atom stereocenters. The quantitative estimate of drug-likeness (QED) is 0.828. The zero-order valence-corrected chi connectivity index (χ0v) is 15.4. The molecule has 1 aliphatic heterocycles. The molecule has 1 aliphatic rings. The molecule has 0 saturated carbocycles. The Balaban J connectivity index is 1.66. The Hall–Kier alpha value is -2.44. The first kappa shape index (κ1) is 18.4. The van der Waals surface area contributed by atoms with Gasteiger partial charge in [-0.3, -0.25) is 9.59 Å². The molecule has 0 radical (unpaired) electrons. The molecule has 2 aromatic carbocycles. The molecular weight excluding hydrogens is 379 g/mol. The Labute approximate surface area is 160 Å². The summed E-state index contributed by atoms with van der Waals surface area (Å²) in [6, 6.07) is 10.1. The smallest absolute Gasteiger partial charge is 0.231 e. The van der Waals surface area contributed by atoms with E-state index in [1.54, 1.807) is 36.4 Å². The molecular formula is C18H16Cl2N2O4.